The lowest BCUT2D eigenvalue weighted by Gasteiger charge is -2.22. The number of aryl methyl sites for hydroxylation is 2. The number of carbonyl (C=O) groups is 1. The summed E-state index contributed by atoms with van der Waals surface area (Å²) >= 11 is 0. The molecule has 10 heteroatoms. The van der Waals surface area contributed by atoms with Crippen LogP contribution in [0, 0.1) is 13.8 Å². The number of nitrogens with zero attached hydrogens (tertiary/aromatic N) is 5. The molecule has 2 aromatic rings. The van der Waals surface area contributed by atoms with Crippen molar-refractivity contribution in [3.8, 4) is 11.4 Å². The predicted octanol–water partition coefficient (Wildman–Crippen LogP) is 1.79. The van der Waals surface area contributed by atoms with Crippen LogP contribution in [-0.4, -0.2) is 78.6 Å². The zero-order valence-corrected chi connectivity index (χ0v) is 19.8. The molecule has 2 aromatic heterocycles. The average molecular weight is 445 g/mol. The van der Waals surface area contributed by atoms with E-state index in [4.69, 9.17) is 14.5 Å². The summed E-state index contributed by atoms with van der Waals surface area (Å²) in [6.45, 7) is 6.94. The van der Waals surface area contributed by atoms with Gasteiger partial charge in [0.2, 0.25) is 0 Å². The maximum absolute atomic E-state index is 13.3. The highest BCUT2D eigenvalue weighted by atomic mass is 16.5. The highest BCUT2D eigenvalue weighted by molar-refractivity contribution is 5.68. The molecule has 3 heterocycles. The monoisotopic (exact) mass is 444 g/mol. The van der Waals surface area contributed by atoms with Crippen molar-refractivity contribution in [1.82, 2.24) is 19.4 Å². The Bertz CT molecular complexity index is 1050. The van der Waals surface area contributed by atoms with Crippen LogP contribution in [0.5, 0.6) is 0 Å². The third-order valence-electron chi connectivity index (χ3n) is 5.68. The normalized spacial score (nSPS) is 18.0. The molecule has 2 unspecified atom stereocenters. The van der Waals surface area contributed by atoms with Crippen molar-refractivity contribution in [1.29, 1.82) is 0 Å². The van der Waals surface area contributed by atoms with E-state index in [1.807, 2.05) is 38.9 Å². The van der Waals surface area contributed by atoms with Crippen LogP contribution in [0.15, 0.2) is 17.1 Å². The first-order valence-corrected chi connectivity index (χ1v) is 10.6. The molecule has 10 nitrogen and oxygen atoms in total. The quantitative estimate of drug-likeness (QED) is 0.720. The lowest BCUT2D eigenvalue weighted by atomic mass is 10.1. The van der Waals surface area contributed by atoms with E-state index < -0.39 is 6.09 Å². The summed E-state index contributed by atoms with van der Waals surface area (Å²) in [5.41, 5.74) is 2.55. The van der Waals surface area contributed by atoms with Crippen LogP contribution >= 0.6 is 0 Å². The number of methoxy groups -OCH3 is 1. The number of amides is 1. The minimum atomic E-state index is -0.416. The molecule has 3 rings (SSSR count). The van der Waals surface area contributed by atoms with Gasteiger partial charge in [-0.15, -0.1) is 0 Å². The molecular formula is C22H32N6O4. The molecule has 2 atom stereocenters. The Balaban J connectivity index is 1.94. The predicted molar refractivity (Wildman–Crippen MR) is 123 cm³/mol. The van der Waals surface area contributed by atoms with Gasteiger partial charge in [0, 0.05) is 46.1 Å². The molecule has 32 heavy (non-hydrogen) atoms. The van der Waals surface area contributed by atoms with Crippen LogP contribution < -0.4 is 15.8 Å². The smallest absolute Gasteiger partial charge is 0.409 e. The van der Waals surface area contributed by atoms with Crippen molar-refractivity contribution in [3.63, 3.8) is 0 Å². The van der Waals surface area contributed by atoms with Crippen LogP contribution in [-0.2, 0) is 16.5 Å². The van der Waals surface area contributed by atoms with Gasteiger partial charge in [0.25, 0.3) is 5.56 Å². The average Bonchev–Trinajstić information content (AvgIpc) is 3.16. The van der Waals surface area contributed by atoms with E-state index in [9.17, 15) is 9.59 Å². The minimum Gasteiger partial charge on any atom is -0.453 e. The van der Waals surface area contributed by atoms with Crippen LogP contribution in [0.4, 0.5) is 16.3 Å². The maximum Gasteiger partial charge on any atom is 0.409 e. The van der Waals surface area contributed by atoms with Crippen LogP contribution in [0.3, 0.4) is 0 Å². The molecule has 174 valence electrons. The number of anilines is 2. The van der Waals surface area contributed by atoms with Crippen LogP contribution in [0.1, 0.15) is 18.2 Å². The number of hydrogen-bond donors (Lipinski definition) is 1. The van der Waals surface area contributed by atoms with Gasteiger partial charge in [-0.3, -0.25) is 9.36 Å². The fraction of sp³-hybridized carbons (Fsp3) is 0.545. The number of likely N-dealkylation sites (tertiary alicyclic amines) is 1. The first-order valence-electron chi connectivity index (χ1n) is 10.6. The summed E-state index contributed by atoms with van der Waals surface area (Å²) in [6, 6.07) is 1.71. The number of nitrogens with one attached hydrogen (secondary N) is 1. The lowest BCUT2D eigenvalue weighted by Crippen LogP contribution is -2.38. The third kappa shape index (κ3) is 4.55. The molecule has 0 bridgehead atoms. The van der Waals surface area contributed by atoms with Gasteiger partial charge in [-0.1, -0.05) is 0 Å². The molecule has 0 saturated carbocycles. The zero-order valence-electron chi connectivity index (χ0n) is 19.8. The number of aromatic nitrogens is 3. The third-order valence-corrected chi connectivity index (χ3v) is 5.68. The molecule has 1 amide bonds. The van der Waals surface area contributed by atoms with E-state index in [2.05, 4.69) is 10.3 Å². The summed E-state index contributed by atoms with van der Waals surface area (Å²) in [7, 11) is 6.91. The molecule has 1 aliphatic rings. The van der Waals surface area contributed by atoms with Gasteiger partial charge in [0.15, 0.2) is 0 Å². The van der Waals surface area contributed by atoms with Crippen LogP contribution in [0.25, 0.3) is 11.4 Å². The molecular weight excluding hydrogens is 412 g/mol. The van der Waals surface area contributed by atoms with Gasteiger partial charge in [0.05, 0.1) is 31.5 Å². The molecule has 0 spiro atoms. The van der Waals surface area contributed by atoms with Crippen molar-refractivity contribution in [2.75, 3.05) is 51.1 Å². The standard InChI is InChI=1S/C22H32N6O4/c1-8-32-17-12-28(22(30)31-7)11-16(17)25-19-14(3)24-20(27(6)21(19)29)15-10-23-18(26(4)5)9-13(15)2/h9-10,16-17,25H,8,11-12H2,1-7H3. The van der Waals surface area contributed by atoms with Crippen molar-refractivity contribution in [2.24, 2.45) is 7.05 Å². The Morgan fingerprint density at radius 2 is 2.03 bits per heavy atom. The molecule has 0 radical (unpaired) electrons. The molecule has 0 aliphatic carbocycles. The number of pyridine rings is 1. The van der Waals surface area contributed by atoms with Gasteiger partial charge in [0.1, 0.15) is 17.3 Å². The number of carbonyl (C=O) groups excluding carboxylic acids is 1. The molecule has 1 fully saturated rings. The molecule has 0 aromatic carbocycles. The highest BCUT2D eigenvalue weighted by Crippen LogP contribution is 2.25. The van der Waals surface area contributed by atoms with E-state index in [0.717, 1.165) is 16.9 Å². The Morgan fingerprint density at radius 3 is 2.62 bits per heavy atom. The summed E-state index contributed by atoms with van der Waals surface area (Å²) in [5.74, 6) is 1.39. The van der Waals surface area contributed by atoms with Crippen LogP contribution in [0.2, 0.25) is 0 Å². The largest absolute Gasteiger partial charge is 0.453 e. The second-order valence-electron chi connectivity index (χ2n) is 8.13. The van der Waals surface area contributed by atoms with Gasteiger partial charge in [-0.05, 0) is 32.4 Å². The molecule has 1 aliphatic heterocycles. The zero-order chi connectivity index (χ0) is 23.6. The first-order chi connectivity index (χ1) is 15.2. The van der Waals surface area contributed by atoms with E-state index in [1.165, 1.54) is 11.7 Å². The summed E-state index contributed by atoms with van der Waals surface area (Å²) in [4.78, 5) is 38.0. The number of hydrogen-bond acceptors (Lipinski definition) is 8. The Kier molecular flexibility index (Phi) is 7.02. The highest BCUT2D eigenvalue weighted by Gasteiger charge is 2.37. The Hall–Kier alpha value is -3.14. The molecule has 1 saturated heterocycles. The second-order valence-corrected chi connectivity index (χ2v) is 8.13. The second kappa shape index (κ2) is 9.56. The van der Waals surface area contributed by atoms with Gasteiger partial charge in [-0.2, -0.15) is 0 Å². The van der Waals surface area contributed by atoms with E-state index >= 15 is 0 Å². The Morgan fingerprint density at radius 1 is 1.31 bits per heavy atom. The first kappa shape index (κ1) is 23.5. The SMILES string of the molecule is CCOC1CN(C(=O)OC)CC1Nc1c(C)nc(-c2cnc(N(C)C)cc2C)n(C)c1=O. The molecule has 1 N–H and O–H groups in total. The summed E-state index contributed by atoms with van der Waals surface area (Å²) in [6.07, 6.45) is 1.07. The minimum absolute atomic E-state index is 0.199. The summed E-state index contributed by atoms with van der Waals surface area (Å²) < 4.78 is 12.2. The lowest BCUT2D eigenvalue weighted by molar-refractivity contribution is 0.0614. The summed E-state index contributed by atoms with van der Waals surface area (Å²) in [5, 5.41) is 3.29. The maximum atomic E-state index is 13.3. The number of rotatable bonds is 6. The van der Waals surface area contributed by atoms with E-state index in [-0.39, 0.29) is 17.7 Å². The van der Waals surface area contributed by atoms with Crippen molar-refractivity contribution < 1.29 is 14.3 Å². The Labute approximate surface area is 188 Å². The van der Waals surface area contributed by atoms with Crippen molar-refractivity contribution in [2.45, 2.75) is 32.9 Å². The fourth-order valence-electron chi connectivity index (χ4n) is 3.89. The van der Waals surface area contributed by atoms with E-state index in [0.29, 0.717) is 36.9 Å². The van der Waals surface area contributed by atoms with Crippen molar-refractivity contribution >= 4 is 17.6 Å². The van der Waals surface area contributed by atoms with Gasteiger partial charge >= 0.3 is 6.09 Å². The topological polar surface area (TPSA) is 102 Å². The van der Waals surface area contributed by atoms with Gasteiger partial charge < -0.3 is 24.6 Å². The van der Waals surface area contributed by atoms with Crippen molar-refractivity contribution in [3.05, 3.63) is 33.9 Å². The number of ether oxygens (including phenoxy) is 2. The van der Waals surface area contributed by atoms with Gasteiger partial charge in [-0.25, -0.2) is 14.8 Å². The fourth-order valence-corrected chi connectivity index (χ4v) is 3.89. The van der Waals surface area contributed by atoms with E-state index in [1.54, 1.807) is 25.1 Å².